The third-order valence-electron chi connectivity index (χ3n) is 8.32. The molecule has 36 heavy (non-hydrogen) atoms. The Morgan fingerprint density at radius 1 is 0.639 bits per heavy atom. The molecule has 3 saturated carbocycles. The molecule has 3 aliphatic carbocycles. The Hall–Kier alpha value is 0.439. The summed E-state index contributed by atoms with van der Waals surface area (Å²) >= 11 is 2.12. The summed E-state index contributed by atoms with van der Waals surface area (Å²) in [4.78, 5) is 6.57. The first kappa shape index (κ1) is 29.4. The fourth-order valence-corrected chi connectivity index (χ4v) is 7.83. The van der Waals surface area contributed by atoms with Gasteiger partial charge in [-0.2, -0.15) is 0 Å². The zero-order chi connectivity index (χ0) is 25.0. The second-order valence-electron chi connectivity index (χ2n) is 10.9. The molecule has 4 N–H and O–H groups in total. The average Bonchev–Trinajstić information content (AvgIpc) is 2.91. The summed E-state index contributed by atoms with van der Waals surface area (Å²) in [6.07, 6.45) is 17.5. The number of hydrogen-bond donors (Lipinski definition) is 4. The Bertz CT molecular complexity index is 721. The van der Waals surface area contributed by atoms with Gasteiger partial charge in [-0.15, -0.1) is 11.8 Å². The van der Waals surface area contributed by atoms with Crippen LogP contribution in [-0.4, -0.2) is 47.5 Å². The maximum absolute atomic E-state index is 5.13. The van der Waals surface area contributed by atoms with E-state index >= 15 is 0 Å². The van der Waals surface area contributed by atoms with Crippen molar-refractivity contribution in [2.45, 2.75) is 131 Å². The van der Waals surface area contributed by atoms with Gasteiger partial charge >= 0.3 is 33.3 Å². The van der Waals surface area contributed by atoms with Gasteiger partial charge < -0.3 is 21.3 Å². The SMILES string of the molecule is [Cl][Mn][Cl].c1c(SC2CCCCC2)cc2nc1CN[C@@H]1CCCC[C@H]1NCCN[C@@H]1CCCC[C@H]1NC2. The van der Waals surface area contributed by atoms with Gasteiger partial charge in [0.1, 0.15) is 0 Å². The molecule has 1 aromatic heterocycles. The van der Waals surface area contributed by atoms with E-state index in [1.807, 2.05) is 0 Å². The number of halogens is 2. The van der Waals surface area contributed by atoms with Crippen molar-refractivity contribution in [3.8, 4) is 0 Å². The summed E-state index contributed by atoms with van der Waals surface area (Å²) in [5.41, 5.74) is 2.45. The first-order valence-corrected chi connectivity index (χ1v) is 18.3. The third-order valence-corrected chi connectivity index (χ3v) is 9.63. The number of pyridine rings is 1. The predicted octanol–water partition coefficient (Wildman–Crippen LogP) is 5.88. The van der Waals surface area contributed by atoms with E-state index in [1.54, 1.807) is 0 Å². The van der Waals surface area contributed by atoms with E-state index in [2.05, 4.69) is 45.2 Å². The van der Waals surface area contributed by atoms with Crippen molar-refractivity contribution in [3.63, 3.8) is 0 Å². The van der Waals surface area contributed by atoms with Crippen LogP contribution in [0.2, 0.25) is 0 Å². The summed E-state index contributed by atoms with van der Waals surface area (Å²) in [6, 6.07) is 7.05. The predicted molar refractivity (Wildman–Crippen MR) is 150 cm³/mol. The fraction of sp³-hybridized carbons (Fsp3) is 0.815. The van der Waals surface area contributed by atoms with Crippen molar-refractivity contribution in [2.24, 2.45) is 0 Å². The van der Waals surface area contributed by atoms with Crippen LogP contribution in [0.3, 0.4) is 0 Å². The molecular weight excluding hydrogens is 552 g/mol. The van der Waals surface area contributed by atoms with E-state index in [0.717, 1.165) is 31.4 Å². The standard InChI is InChI=1S/C27H45N5S.2ClH.Mn/c1-2-8-22(9-3-1)33-23-16-20-18-30-26-12-6-4-10-24(26)28-14-15-29-25-11-5-7-13-27(25)31-19-21(17-23)32-20;;;/h16-17,22,24-31H,1-15,18-19H2;2*1H;/q;;;+2/p-2/t24-,25-,26-,27-;;;/m1.../s1. The molecule has 1 aromatic rings. The summed E-state index contributed by atoms with van der Waals surface area (Å²) in [7, 11) is 9.59. The maximum atomic E-state index is 5.13. The second kappa shape index (κ2) is 16.5. The van der Waals surface area contributed by atoms with E-state index in [4.69, 9.17) is 25.2 Å². The molecule has 1 aliphatic heterocycles. The van der Waals surface area contributed by atoms with Crippen LogP contribution in [0, 0.1) is 0 Å². The molecule has 205 valence electrons. The van der Waals surface area contributed by atoms with Gasteiger partial charge in [-0.25, -0.2) is 0 Å². The van der Waals surface area contributed by atoms with E-state index < -0.39 is 0 Å². The number of thioether (sulfide) groups is 1. The van der Waals surface area contributed by atoms with Crippen molar-refractivity contribution >= 4 is 32.0 Å². The molecule has 2 bridgehead atoms. The van der Waals surface area contributed by atoms with Crippen LogP contribution in [0.15, 0.2) is 17.0 Å². The number of rotatable bonds is 2. The molecule has 0 aromatic carbocycles. The van der Waals surface area contributed by atoms with E-state index in [-0.39, 0.29) is 13.1 Å². The Morgan fingerprint density at radius 3 is 1.53 bits per heavy atom. The number of nitrogens with one attached hydrogen (secondary N) is 4. The largest absolute Gasteiger partial charge is 0.311 e. The summed E-state index contributed by atoms with van der Waals surface area (Å²) in [5, 5.41) is 16.4. The van der Waals surface area contributed by atoms with Crippen molar-refractivity contribution in [1.29, 1.82) is 0 Å². The molecule has 9 heteroatoms. The Balaban J connectivity index is 0.000000967. The van der Waals surface area contributed by atoms with Crippen LogP contribution >= 0.6 is 32.0 Å². The van der Waals surface area contributed by atoms with E-state index in [9.17, 15) is 0 Å². The van der Waals surface area contributed by atoms with Crippen LogP contribution in [0.25, 0.3) is 0 Å². The molecule has 5 rings (SSSR count). The fourth-order valence-electron chi connectivity index (χ4n) is 6.47. The van der Waals surface area contributed by atoms with Gasteiger partial charge in [0.05, 0.1) is 11.4 Å². The minimum Gasteiger partial charge on any atom is -0.311 e. The number of fused-ring (bicyclic) bond motifs is 4. The van der Waals surface area contributed by atoms with Gasteiger partial charge in [0, 0.05) is 60.5 Å². The second-order valence-corrected chi connectivity index (χ2v) is 14.2. The van der Waals surface area contributed by atoms with Crippen molar-refractivity contribution in [3.05, 3.63) is 23.5 Å². The van der Waals surface area contributed by atoms with Crippen LogP contribution in [0.4, 0.5) is 0 Å². The summed E-state index contributed by atoms with van der Waals surface area (Å²) < 4.78 is 0. The molecule has 4 aliphatic rings. The first-order chi connectivity index (χ1) is 17.7. The van der Waals surface area contributed by atoms with Crippen LogP contribution < -0.4 is 21.3 Å². The Morgan fingerprint density at radius 2 is 1.06 bits per heavy atom. The smallest absolute Gasteiger partial charge is 0.0556 e. The topological polar surface area (TPSA) is 61.0 Å². The molecule has 0 radical (unpaired) electrons. The van der Waals surface area contributed by atoms with Gasteiger partial charge in [-0.3, -0.25) is 4.98 Å². The van der Waals surface area contributed by atoms with Gasteiger partial charge in [0.15, 0.2) is 0 Å². The molecule has 0 unspecified atom stereocenters. The van der Waals surface area contributed by atoms with E-state index in [0.29, 0.717) is 24.2 Å². The molecule has 0 spiro atoms. The van der Waals surface area contributed by atoms with Gasteiger partial charge in [-0.05, 0) is 50.7 Å². The van der Waals surface area contributed by atoms with Gasteiger partial charge in [0.25, 0.3) is 0 Å². The van der Waals surface area contributed by atoms with Crippen LogP contribution in [-0.2, 0) is 26.2 Å². The normalized spacial score (nSPS) is 30.5. The Kier molecular flexibility index (Phi) is 13.5. The molecular formula is C27H45Cl2MnN5S. The van der Waals surface area contributed by atoms with Crippen molar-refractivity contribution in [1.82, 2.24) is 26.3 Å². The molecule has 3 fully saturated rings. The monoisotopic (exact) mass is 596 g/mol. The number of hydrogen-bond acceptors (Lipinski definition) is 6. The van der Waals surface area contributed by atoms with E-state index in [1.165, 1.54) is 99.8 Å². The third kappa shape index (κ3) is 9.57. The summed E-state index contributed by atoms with van der Waals surface area (Å²) in [5.74, 6) is 0. The summed E-state index contributed by atoms with van der Waals surface area (Å²) in [6.45, 7) is 3.92. The number of nitrogens with zero attached hydrogens (tertiary/aromatic N) is 1. The van der Waals surface area contributed by atoms with Gasteiger partial charge in [-0.1, -0.05) is 44.9 Å². The molecule has 0 amide bonds. The minimum absolute atomic E-state index is 0.00694. The first-order valence-electron chi connectivity index (χ1n) is 14.2. The average molecular weight is 598 g/mol. The van der Waals surface area contributed by atoms with Crippen LogP contribution in [0.5, 0.6) is 0 Å². The minimum atomic E-state index is 0.00694. The maximum Gasteiger partial charge on any atom is 0.0556 e. The molecule has 4 atom stereocenters. The number of aromatic nitrogens is 1. The van der Waals surface area contributed by atoms with Crippen LogP contribution in [0.1, 0.15) is 94.9 Å². The van der Waals surface area contributed by atoms with Crippen molar-refractivity contribution < 1.29 is 13.1 Å². The Labute approximate surface area is 237 Å². The molecule has 5 nitrogen and oxygen atoms in total. The molecule has 0 saturated heterocycles. The van der Waals surface area contributed by atoms with Crippen molar-refractivity contribution in [2.75, 3.05) is 13.1 Å². The quantitative estimate of drug-likeness (QED) is 0.320. The zero-order valence-electron chi connectivity index (χ0n) is 21.6. The van der Waals surface area contributed by atoms with Gasteiger partial charge in [0.2, 0.25) is 0 Å². The zero-order valence-corrected chi connectivity index (χ0v) is 25.1. The molecule has 2 heterocycles.